The second-order valence-electron chi connectivity index (χ2n) is 4.04. The number of aryl methyl sites for hydroxylation is 2. The number of nitrogens with one attached hydrogen (secondary N) is 1. The number of hydrazine groups is 1. The van der Waals surface area contributed by atoms with Crippen molar-refractivity contribution in [1.29, 1.82) is 0 Å². The van der Waals surface area contributed by atoms with Gasteiger partial charge in [0.2, 0.25) is 0 Å². The Hall–Kier alpha value is -1.17. The van der Waals surface area contributed by atoms with E-state index in [9.17, 15) is 0 Å². The van der Waals surface area contributed by atoms with Crippen LogP contribution in [0.1, 0.15) is 22.9 Å². The summed E-state index contributed by atoms with van der Waals surface area (Å²) < 4.78 is 2.80. The molecule has 0 bridgehead atoms. The number of nitrogens with zero attached hydrogens (tertiary/aromatic N) is 2. The van der Waals surface area contributed by atoms with E-state index < -0.39 is 0 Å². The summed E-state index contributed by atoms with van der Waals surface area (Å²) in [5.74, 6) is 5.63. The summed E-state index contributed by atoms with van der Waals surface area (Å²) in [7, 11) is 1.89. The fourth-order valence-electron chi connectivity index (χ4n) is 1.79. The van der Waals surface area contributed by atoms with Gasteiger partial charge >= 0.3 is 0 Å². The predicted octanol–water partition coefficient (Wildman–Crippen LogP) is 2.04. The van der Waals surface area contributed by atoms with Crippen LogP contribution < -0.4 is 11.3 Å². The summed E-state index contributed by atoms with van der Waals surface area (Å²) in [6.07, 6.45) is 1.90. The Balaban J connectivity index is 2.42. The summed E-state index contributed by atoms with van der Waals surface area (Å²) >= 11 is 3.56. The van der Waals surface area contributed by atoms with Crippen molar-refractivity contribution < 1.29 is 0 Å². The average molecular weight is 295 g/mol. The highest BCUT2D eigenvalue weighted by molar-refractivity contribution is 9.10. The van der Waals surface area contributed by atoms with Crippen LogP contribution in [0.2, 0.25) is 0 Å². The van der Waals surface area contributed by atoms with Crippen LogP contribution in [0.5, 0.6) is 0 Å². The van der Waals surface area contributed by atoms with Crippen LogP contribution in [0.3, 0.4) is 0 Å². The van der Waals surface area contributed by atoms with Gasteiger partial charge in [0.1, 0.15) is 0 Å². The zero-order chi connectivity index (χ0) is 12.4. The maximum atomic E-state index is 5.63. The molecule has 1 atom stereocenters. The number of benzene rings is 1. The molecule has 2 aromatic rings. The van der Waals surface area contributed by atoms with Crippen molar-refractivity contribution in [1.82, 2.24) is 15.2 Å². The molecule has 0 aliphatic heterocycles. The van der Waals surface area contributed by atoms with E-state index in [2.05, 4.69) is 51.6 Å². The van der Waals surface area contributed by atoms with Crippen LogP contribution in [0.25, 0.3) is 0 Å². The summed E-state index contributed by atoms with van der Waals surface area (Å²) in [4.78, 5) is 0. The topological polar surface area (TPSA) is 55.9 Å². The maximum absolute atomic E-state index is 5.63. The third kappa shape index (κ3) is 2.57. The lowest BCUT2D eigenvalue weighted by Crippen LogP contribution is -2.29. The third-order valence-corrected chi connectivity index (χ3v) is 3.35. The molecule has 3 N–H and O–H groups in total. The Morgan fingerprint density at radius 1 is 1.41 bits per heavy atom. The molecule has 2 rings (SSSR count). The molecule has 0 aliphatic carbocycles. The minimum absolute atomic E-state index is 0.105. The molecule has 0 amide bonds. The number of hydrogen-bond acceptors (Lipinski definition) is 3. The van der Waals surface area contributed by atoms with Gasteiger partial charge in [0.25, 0.3) is 0 Å². The van der Waals surface area contributed by atoms with Crippen LogP contribution in [0, 0.1) is 6.92 Å². The van der Waals surface area contributed by atoms with Crippen molar-refractivity contribution in [3.05, 3.63) is 51.8 Å². The fraction of sp³-hybridized carbons (Fsp3) is 0.250. The minimum Gasteiger partial charge on any atom is -0.275 e. The van der Waals surface area contributed by atoms with Crippen LogP contribution >= 0.6 is 15.9 Å². The highest BCUT2D eigenvalue weighted by Gasteiger charge is 2.17. The first kappa shape index (κ1) is 12.3. The van der Waals surface area contributed by atoms with Crippen molar-refractivity contribution in [2.75, 3.05) is 0 Å². The van der Waals surface area contributed by atoms with E-state index >= 15 is 0 Å². The van der Waals surface area contributed by atoms with Gasteiger partial charge in [-0.05, 0) is 30.2 Å². The van der Waals surface area contributed by atoms with E-state index in [1.165, 1.54) is 5.56 Å². The van der Waals surface area contributed by atoms with E-state index in [0.717, 1.165) is 15.7 Å². The van der Waals surface area contributed by atoms with Gasteiger partial charge in [-0.25, -0.2) is 5.43 Å². The number of hydrogen-bond donors (Lipinski definition) is 2. The smallest absolute Gasteiger partial charge is 0.0910 e. The van der Waals surface area contributed by atoms with Crippen molar-refractivity contribution in [2.24, 2.45) is 12.9 Å². The van der Waals surface area contributed by atoms with Crippen LogP contribution in [-0.4, -0.2) is 9.78 Å². The van der Waals surface area contributed by atoms with E-state index in [1.807, 2.05) is 19.3 Å². The van der Waals surface area contributed by atoms with Gasteiger partial charge in [0.05, 0.1) is 11.7 Å². The van der Waals surface area contributed by atoms with Crippen molar-refractivity contribution in [3.63, 3.8) is 0 Å². The summed E-state index contributed by atoms with van der Waals surface area (Å²) in [5.41, 5.74) is 5.99. The molecule has 0 saturated carbocycles. The van der Waals surface area contributed by atoms with Gasteiger partial charge in [-0.1, -0.05) is 28.1 Å². The van der Waals surface area contributed by atoms with Crippen molar-refractivity contribution in [2.45, 2.75) is 13.0 Å². The van der Waals surface area contributed by atoms with Gasteiger partial charge in [0.15, 0.2) is 0 Å². The molecule has 1 aromatic carbocycles. The van der Waals surface area contributed by atoms with Crippen molar-refractivity contribution >= 4 is 15.9 Å². The predicted molar refractivity (Wildman–Crippen MR) is 71.3 cm³/mol. The average Bonchev–Trinajstić information content (AvgIpc) is 2.69. The molecule has 4 nitrogen and oxygen atoms in total. The normalized spacial score (nSPS) is 12.7. The maximum Gasteiger partial charge on any atom is 0.0910 e. The SMILES string of the molecule is Cc1ccc(C(NN)c2ccn(C)n2)c(Br)c1. The first-order valence-corrected chi connectivity index (χ1v) is 6.13. The van der Waals surface area contributed by atoms with E-state index in [4.69, 9.17) is 5.84 Å². The molecule has 1 heterocycles. The lowest BCUT2D eigenvalue weighted by Gasteiger charge is -2.16. The summed E-state index contributed by atoms with van der Waals surface area (Å²) in [6, 6.07) is 8.04. The van der Waals surface area contributed by atoms with Crippen LogP contribution in [0.15, 0.2) is 34.9 Å². The van der Waals surface area contributed by atoms with E-state index in [-0.39, 0.29) is 6.04 Å². The zero-order valence-electron chi connectivity index (χ0n) is 9.81. The molecule has 90 valence electrons. The minimum atomic E-state index is -0.105. The second-order valence-corrected chi connectivity index (χ2v) is 4.89. The first-order valence-electron chi connectivity index (χ1n) is 5.33. The van der Waals surface area contributed by atoms with Crippen LogP contribution in [-0.2, 0) is 7.05 Å². The van der Waals surface area contributed by atoms with Gasteiger partial charge in [-0.3, -0.25) is 10.5 Å². The lowest BCUT2D eigenvalue weighted by molar-refractivity contribution is 0.601. The number of nitrogens with two attached hydrogens (primary N) is 1. The Labute approximate surface area is 109 Å². The Morgan fingerprint density at radius 2 is 2.18 bits per heavy atom. The highest BCUT2D eigenvalue weighted by atomic mass is 79.9. The number of aromatic nitrogens is 2. The molecule has 17 heavy (non-hydrogen) atoms. The Kier molecular flexibility index (Phi) is 3.61. The molecule has 0 spiro atoms. The van der Waals surface area contributed by atoms with Crippen molar-refractivity contribution in [3.8, 4) is 0 Å². The molecular weight excluding hydrogens is 280 g/mol. The van der Waals surface area contributed by atoms with E-state index in [0.29, 0.717) is 0 Å². The molecule has 5 heteroatoms. The van der Waals surface area contributed by atoms with E-state index in [1.54, 1.807) is 4.68 Å². The van der Waals surface area contributed by atoms with Gasteiger partial charge in [0, 0.05) is 17.7 Å². The molecule has 0 saturated heterocycles. The van der Waals surface area contributed by atoms with Gasteiger partial charge in [-0.15, -0.1) is 0 Å². The standard InChI is InChI=1S/C12H15BrN4/c1-8-3-4-9(10(13)7-8)12(15-14)11-5-6-17(2)16-11/h3-7,12,15H,14H2,1-2H3. The largest absolute Gasteiger partial charge is 0.275 e. The molecule has 0 fully saturated rings. The molecule has 0 aliphatic rings. The zero-order valence-corrected chi connectivity index (χ0v) is 11.4. The highest BCUT2D eigenvalue weighted by Crippen LogP contribution is 2.27. The second kappa shape index (κ2) is 5.00. The number of halogens is 1. The van der Waals surface area contributed by atoms with Gasteiger partial charge in [-0.2, -0.15) is 5.10 Å². The lowest BCUT2D eigenvalue weighted by atomic mass is 10.0. The summed E-state index contributed by atoms with van der Waals surface area (Å²) in [6.45, 7) is 2.06. The summed E-state index contributed by atoms with van der Waals surface area (Å²) in [5, 5.41) is 4.38. The molecule has 1 aromatic heterocycles. The van der Waals surface area contributed by atoms with Crippen LogP contribution in [0.4, 0.5) is 0 Å². The quantitative estimate of drug-likeness (QED) is 0.673. The monoisotopic (exact) mass is 294 g/mol. The Bertz CT molecular complexity index is 521. The molecule has 0 radical (unpaired) electrons. The third-order valence-electron chi connectivity index (χ3n) is 2.66. The molecular formula is C12H15BrN4. The fourth-order valence-corrected chi connectivity index (χ4v) is 2.51. The first-order chi connectivity index (χ1) is 8.11. The Morgan fingerprint density at radius 3 is 2.71 bits per heavy atom. The number of rotatable bonds is 3. The molecule has 1 unspecified atom stereocenters. The van der Waals surface area contributed by atoms with Gasteiger partial charge < -0.3 is 0 Å².